The number of urea groups is 1. The summed E-state index contributed by atoms with van der Waals surface area (Å²) in [6.07, 6.45) is 1.69. The Morgan fingerprint density at radius 1 is 1.35 bits per heavy atom. The van der Waals surface area contributed by atoms with Gasteiger partial charge in [-0.15, -0.1) is 11.3 Å². The van der Waals surface area contributed by atoms with Crippen molar-refractivity contribution in [3.63, 3.8) is 0 Å². The van der Waals surface area contributed by atoms with Gasteiger partial charge in [0, 0.05) is 30.9 Å². The zero-order valence-corrected chi connectivity index (χ0v) is 13.6. The molecule has 4 nitrogen and oxygen atoms in total. The third-order valence-corrected chi connectivity index (χ3v) is 5.64. The molecular formula is C15H20F3N3OS. The third kappa shape index (κ3) is 3.79. The Hall–Kier alpha value is -1.31. The molecule has 2 fully saturated rings. The fourth-order valence-corrected chi connectivity index (χ4v) is 4.40. The summed E-state index contributed by atoms with van der Waals surface area (Å²) in [5, 5.41) is 4.24. The lowest BCUT2D eigenvalue weighted by Crippen LogP contribution is -2.45. The molecule has 1 saturated heterocycles. The Bertz CT molecular complexity index is 560. The van der Waals surface area contributed by atoms with Crippen LogP contribution in [-0.2, 0) is 12.6 Å². The first kappa shape index (κ1) is 16.5. The minimum atomic E-state index is -4.40. The highest BCUT2D eigenvalue weighted by atomic mass is 32.1. The van der Waals surface area contributed by atoms with Crippen molar-refractivity contribution in [2.24, 2.45) is 5.92 Å². The molecule has 0 radical (unpaired) electrons. The van der Waals surface area contributed by atoms with Crippen LogP contribution < -0.4 is 5.32 Å². The molecule has 1 aromatic rings. The monoisotopic (exact) mass is 347 g/mol. The third-order valence-electron chi connectivity index (χ3n) is 4.73. The Kier molecular flexibility index (Phi) is 4.79. The van der Waals surface area contributed by atoms with Gasteiger partial charge in [0.25, 0.3) is 0 Å². The van der Waals surface area contributed by atoms with Gasteiger partial charge in [-0.2, -0.15) is 13.2 Å². The molecule has 0 aromatic carbocycles. The molecule has 8 heteroatoms. The van der Waals surface area contributed by atoms with Crippen molar-refractivity contribution in [3.8, 4) is 0 Å². The van der Waals surface area contributed by atoms with Crippen LogP contribution in [0, 0.1) is 5.92 Å². The molecule has 3 rings (SSSR count). The van der Waals surface area contributed by atoms with E-state index in [1.165, 1.54) is 19.3 Å². The smallest absolute Gasteiger partial charge is 0.338 e. The van der Waals surface area contributed by atoms with Crippen LogP contribution in [0.5, 0.6) is 0 Å². The second kappa shape index (κ2) is 6.67. The number of hydrogen-bond acceptors (Lipinski definition) is 3. The molecule has 1 aliphatic carbocycles. The number of alkyl halides is 3. The number of carbonyl (C=O) groups is 1. The van der Waals surface area contributed by atoms with Crippen molar-refractivity contribution >= 4 is 17.4 Å². The molecular weight excluding hydrogens is 327 g/mol. The van der Waals surface area contributed by atoms with Crippen molar-refractivity contribution < 1.29 is 18.0 Å². The molecule has 2 aliphatic rings. The van der Waals surface area contributed by atoms with E-state index < -0.39 is 11.9 Å². The largest absolute Gasteiger partial charge is 0.434 e. The average molecular weight is 347 g/mol. The summed E-state index contributed by atoms with van der Waals surface area (Å²) in [5.41, 5.74) is -0.853. The fourth-order valence-electron chi connectivity index (χ4n) is 3.59. The van der Waals surface area contributed by atoms with Gasteiger partial charge < -0.3 is 10.2 Å². The first-order valence-electron chi connectivity index (χ1n) is 8.01. The van der Waals surface area contributed by atoms with E-state index >= 15 is 0 Å². The summed E-state index contributed by atoms with van der Waals surface area (Å²) in [6.45, 7) is 1.11. The first-order chi connectivity index (χ1) is 10.9. The number of nitrogens with zero attached hydrogens (tertiary/aromatic N) is 2. The number of carbonyl (C=O) groups excluding carboxylic acids is 1. The van der Waals surface area contributed by atoms with E-state index in [-0.39, 0.29) is 6.03 Å². The highest BCUT2D eigenvalue weighted by molar-refractivity contribution is 7.09. The highest BCUT2D eigenvalue weighted by Gasteiger charge is 2.38. The van der Waals surface area contributed by atoms with Gasteiger partial charge in [0.05, 0.1) is 5.01 Å². The van der Waals surface area contributed by atoms with Crippen LogP contribution in [0.4, 0.5) is 18.0 Å². The van der Waals surface area contributed by atoms with Crippen LogP contribution in [0.15, 0.2) is 5.38 Å². The van der Waals surface area contributed by atoms with Crippen molar-refractivity contribution in [2.75, 3.05) is 13.1 Å². The Balaban J connectivity index is 1.47. The van der Waals surface area contributed by atoms with Gasteiger partial charge in [-0.25, -0.2) is 9.78 Å². The van der Waals surface area contributed by atoms with Gasteiger partial charge >= 0.3 is 12.2 Å². The van der Waals surface area contributed by atoms with E-state index in [4.69, 9.17) is 0 Å². The number of rotatable bonds is 3. The van der Waals surface area contributed by atoms with Gasteiger partial charge in [-0.3, -0.25) is 0 Å². The van der Waals surface area contributed by atoms with Crippen LogP contribution >= 0.6 is 11.3 Å². The zero-order chi connectivity index (χ0) is 16.4. The molecule has 1 aliphatic heterocycles. The quantitative estimate of drug-likeness (QED) is 0.907. The maximum atomic E-state index is 12.5. The number of nitrogens with one attached hydrogen (secondary N) is 1. The average Bonchev–Trinajstić information content (AvgIpc) is 3.13. The Morgan fingerprint density at radius 2 is 2.13 bits per heavy atom. The summed E-state index contributed by atoms with van der Waals surface area (Å²) >= 11 is 0.983. The van der Waals surface area contributed by atoms with Crippen molar-refractivity contribution in [3.05, 3.63) is 16.1 Å². The fraction of sp³-hybridized carbons (Fsp3) is 0.733. The van der Waals surface area contributed by atoms with Crippen molar-refractivity contribution in [2.45, 2.75) is 50.7 Å². The van der Waals surface area contributed by atoms with E-state index in [1.807, 2.05) is 4.90 Å². The minimum absolute atomic E-state index is 0.0907. The summed E-state index contributed by atoms with van der Waals surface area (Å²) < 4.78 is 37.4. The summed E-state index contributed by atoms with van der Waals surface area (Å²) in [6, 6.07) is 0.257. The summed E-state index contributed by atoms with van der Waals surface area (Å²) in [7, 11) is 0. The number of hydrogen-bond donors (Lipinski definition) is 1. The second-order valence-corrected chi connectivity index (χ2v) is 7.14. The van der Waals surface area contributed by atoms with Gasteiger partial charge in [0.15, 0.2) is 5.69 Å². The summed E-state index contributed by atoms with van der Waals surface area (Å²) in [5.74, 6) is 0.628. The van der Waals surface area contributed by atoms with E-state index in [0.29, 0.717) is 29.9 Å². The number of thiazole rings is 1. The maximum absolute atomic E-state index is 12.5. The normalized spacial score (nSPS) is 24.6. The van der Waals surface area contributed by atoms with E-state index in [0.717, 1.165) is 36.1 Å². The predicted octanol–water partition coefficient (Wildman–Crippen LogP) is 3.68. The molecule has 0 unspecified atom stereocenters. The zero-order valence-electron chi connectivity index (χ0n) is 12.7. The number of likely N-dealkylation sites (tertiary alicyclic amines) is 1. The SMILES string of the molecule is O=C(NCCc1nc(C(F)(F)F)cs1)N1CC[C@@H]2CCCC[C@H]21. The van der Waals surface area contributed by atoms with Gasteiger partial charge in [-0.05, 0) is 25.2 Å². The minimum Gasteiger partial charge on any atom is -0.338 e. The molecule has 1 aromatic heterocycles. The molecule has 128 valence electrons. The predicted molar refractivity (Wildman–Crippen MR) is 81.3 cm³/mol. The van der Waals surface area contributed by atoms with Crippen molar-refractivity contribution in [1.82, 2.24) is 15.2 Å². The maximum Gasteiger partial charge on any atom is 0.434 e. The molecule has 23 heavy (non-hydrogen) atoms. The van der Waals surface area contributed by atoms with Crippen LogP contribution in [0.1, 0.15) is 42.8 Å². The second-order valence-electron chi connectivity index (χ2n) is 6.20. The molecule has 2 amide bonds. The van der Waals surface area contributed by atoms with Gasteiger partial charge in [-0.1, -0.05) is 12.8 Å². The molecule has 1 saturated carbocycles. The molecule has 0 bridgehead atoms. The lowest BCUT2D eigenvalue weighted by atomic mass is 9.85. The van der Waals surface area contributed by atoms with Gasteiger partial charge in [0.2, 0.25) is 0 Å². The Morgan fingerprint density at radius 3 is 2.87 bits per heavy atom. The van der Waals surface area contributed by atoms with Crippen molar-refractivity contribution in [1.29, 1.82) is 0 Å². The lowest BCUT2D eigenvalue weighted by Gasteiger charge is -2.31. The molecule has 2 heterocycles. The van der Waals surface area contributed by atoms with Crippen LogP contribution in [0.3, 0.4) is 0 Å². The topological polar surface area (TPSA) is 45.2 Å². The number of amides is 2. The lowest BCUT2D eigenvalue weighted by molar-refractivity contribution is -0.140. The molecule has 2 atom stereocenters. The van der Waals surface area contributed by atoms with Gasteiger partial charge in [0.1, 0.15) is 0 Å². The van der Waals surface area contributed by atoms with E-state index in [9.17, 15) is 18.0 Å². The standard InChI is InChI=1S/C15H20F3N3OS/c16-15(17,18)12-9-23-13(20-12)5-7-19-14(22)21-8-6-10-3-1-2-4-11(10)21/h9-11H,1-8H2,(H,19,22)/t10-,11+/m0/s1. The van der Waals surface area contributed by atoms with Crippen LogP contribution in [0.25, 0.3) is 0 Å². The summed E-state index contributed by atoms with van der Waals surface area (Å²) in [4.78, 5) is 17.8. The number of fused-ring (bicyclic) bond motifs is 1. The van der Waals surface area contributed by atoms with Crippen LogP contribution in [-0.4, -0.2) is 35.0 Å². The van der Waals surface area contributed by atoms with E-state index in [2.05, 4.69) is 10.3 Å². The molecule has 0 spiro atoms. The molecule has 1 N–H and O–H groups in total. The van der Waals surface area contributed by atoms with E-state index in [1.54, 1.807) is 0 Å². The first-order valence-corrected chi connectivity index (χ1v) is 8.89. The highest BCUT2D eigenvalue weighted by Crippen LogP contribution is 2.36. The number of aromatic nitrogens is 1. The van der Waals surface area contributed by atoms with Crippen LogP contribution in [0.2, 0.25) is 0 Å². The number of halogens is 3. The Labute approximate surface area is 137 Å².